The second-order valence-electron chi connectivity index (χ2n) is 7.51. The van der Waals surface area contributed by atoms with Crippen LogP contribution in [0.4, 0.5) is 0 Å². The first-order valence-electron chi connectivity index (χ1n) is 10.2. The van der Waals surface area contributed by atoms with Crippen LogP contribution >= 0.6 is 11.6 Å². The number of benzene rings is 2. The molecule has 1 aliphatic rings. The molecule has 2 heterocycles. The van der Waals surface area contributed by atoms with Gasteiger partial charge in [0.15, 0.2) is 0 Å². The summed E-state index contributed by atoms with van der Waals surface area (Å²) in [6.07, 6.45) is 0.0950. The number of hydrogen-bond acceptors (Lipinski definition) is 7. The first-order valence-corrected chi connectivity index (χ1v) is 10.6. The van der Waals surface area contributed by atoms with E-state index in [9.17, 15) is 19.5 Å². The Hall–Kier alpha value is -4.05. The number of nitrogens with one attached hydrogen (secondary N) is 1. The van der Waals surface area contributed by atoms with Crippen molar-refractivity contribution >= 4 is 23.2 Å². The van der Waals surface area contributed by atoms with Gasteiger partial charge in [-0.2, -0.15) is 5.10 Å². The van der Waals surface area contributed by atoms with Gasteiger partial charge in [-0.15, -0.1) is 0 Å². The minimum Gasteiger partial charge on any atom is -0.497 e. The van der Waals surface area contributed by atoms with Crippen LogP contribution in [0, 0.1) is 0 Å². The maximum atomic E-state index is 12.7. The molecule has 0 aliphatic carbocycles. The third-order valence-corrected chi connectivity index (χ3v) is 5.74. The lowest BCUT2D eigenvalue weighted by Gasteiger charge is -2.22. The molecule has 1 aliphatic heterocycles. The van der Waals surface area contributed by atoms with Crippen LogP contribution in [-0.2, 0) is 4.79 Å². The van der Waals surface area contributed by atoms with Crippen molar-refractivity contribution in [1.29, 1.82) is 0 Å². The predicted octanol–water partition coefficient (Wildman–Crippen LogP) is 2.60. The number of methoxy groups -OCH3 is 2. The number of carbonyl (C=O) groups is 1. The molecule has 0 fully saturated rings. The number of hydrazone groups is 1. The summed E-state index contributed by atoms with van der Waals surface area (Å²) in [6, 6.07) is 10.7. The molecule has 3 aromatic rings. The second kappa shape index (κ2) is 9.06. The van der Waals surface area contributed by atoms with E-state index >= 15 is 0 Å². The quantitative estimate of drug-likeness (QED) is 0.573. The Morgan fingerprint density at radius 2 is 1.85 bits per heavy atom. The zero-order chi connectivity index (χ0) is 24.6. The second-order valence-corrected chi connectivity index (χ2v) is 7.94. The average Bonchev–Trinajstić information content (AvgIpc) is 3.24. The van der Waals surface area contributed by atoms with Gasteiger partial charge in [-0.1, -0.05) is 11.6 Å². The van der Waals surface area contributed by atoms with Gasteiger partial charge in [0.05, 0.1) is 31.7 Å². The number of rotatable bonds is 5. The van der Waals surface area contributed by atoms with E-state index in [1.54, 1.807) is 30.3 Å². The number of halogens is 1. The van der Waals surface area contributed by atoms with E-state index in [1.807, 2.05) is 0 Å². The Morgan fingerprint density at radius 3 is 2.47 bits per heavy atom. The molecule has 34 heavy (non-hydrogen) atoms. The molecule has 10 nitrogen and oxygen atoms in total. The van der Waals surface area contributed by atoms with Gasteiger partial charge in [0, 0.05) is 30.0 Å². The summed E-state index contributed by atoms with van der Waals surface area (Å²) in [6.45, 7) is 1.34. The Morgan fingerprint density at radius 1 is 1.15 bits per heavy atom. The van der Waals surface area contributed by atoms with Gasteiger partial charge in [0.1, 0.15) is 17.1 Å². The Balaban J connectivity index is 1.83. The average molecular weight is 485 g/mol. The monoisotopic (exact) mass is 484 g/mol. The lowest BCUT2D eigenvalue weighted by Crippen LogP contribution is -2.33. The highest BCUT2D eigenvalue weighted by molar-refractivity contribution is 6.30. The van der Waals surface area contributed by atoms with Crippen molar-refractivity contribution in [2.75, 3.05) is 14.2 Å². The van der Waals surface area contributed by atoms with Gasteiger partial charge < -0.3 is 14.6 Å². The molecule has 0 radical (unpaired) electrons. The standard InChI is InChI=1S/C23H21ClN4O6/c1-12(29)28-18(16-9-8-15(33-2)10-19(16)34-3)11-17(26-28)20-21(30)25-23(32)27(22(20)31)14-6-4-13(24)5-7-14/h4-10,18,31H,11H2,1-3H3,(H,25,30,32). The summed E-state index contributed by atoms with van der Waals surface area (Å²) in [5.41, 5.74) is -0.796. The lowest BCUT2D eigenvalue weighted by atomic mass is 9.98. The number of amides is 1. The van der Waals surface area contributed by atoms with Gasteiger partial charge in [-0.25, -0.2) is 14.4 Å². The minimum atomic E-state index is -0.830. The van der Waals surface area contributed by atoms with Crippen molar-refractivity contribution < 1.29 is 19.4 Å². The van der Waals surface area contributed by atoms with Crippen molar-refractivity contribution in [3.63, 3.8) is 0 Å². The van der Waals surface area contributed by atoms with Crippen LogP contribution in [0.2, 0.25) is 5.02 Å². The smallest absolute Gasteiger partial charge is 0.335 e. The third-order valence-electron chi connectivity index (χ3n) is 5.49. The predicted molar refractivity (Wildman–Crippen MR) is 125 cm³/mol. The van der Waals surface area contributed by atoms with Crippen molar-refractivity contribution in [3.05, 3.63) is 79.5 Å². The molecule has 1 unspecified atom stereocenters. The van der Waals surface area contributed by atoms with E-state index in [2.05, 4.69) is 10.1 Å². The molecule has 0 bridgehead atoms. The number of carbonyl (C=O) groups excluding carboxylic acids is 1. The number of ether oxygens (including phenoxy) is 2. The number of aromatic nitrogens is 2. The Bertz CT molecular complexity index is 1410. The molecule has 11 heteroatoms. The first kappa shape index (κ1) is 23.1. The van der Waals surface area contributed by atoms with Gasteiger partial charge in [0.2, 0.25) is 11.8 Å². The molecule has 176 valence electrons. The van der Waals surface area contributed by atoms with Gasteiger partial charge in [0.25, 0.3) is 5.56 Å². The maximum absolute atomic E-state index is 12.7. The molecule has 1 atom stereocenters. The fourth-order valence-corrected chi connectivity index (χ4v) is 4.03. The molecule has 4 rings (SSSR count). The molecule has 2 aromatic carbocycles. The van der Waals surface area contributed by atoms with Crippen LogP contribution in [0.1, 0.15) is 30.5 Å². The summed E-state index contributed by atoms with van der Waals surface area (Å²) < 4.78 is 11.7. The molecule has 0 saturated carbocycles. The number of aromatic amines is 1. The molecule has 2 N–H and O–H groups in total. The van der Waals surface area contributed by atoms with Crippen LogP contribution in [0.5, 0.6) is 17.4 Å². The summed E-state index contributed by atoms with van der Waals surface area (Å²) in [5, 5.41) is 17.0. The van der Waals surface area contributed by atoms with Gasteiger partial charge >= 0.3 is 5.69 Å². The highest BCUT2D eigenvalue weighted by Crippen LogP contribution is 2.39. The van der Waals surface area contributed by atoms with E-state index in [-0.39, 0.29) is 23.6 Å². The molecule has 0 spiro atoms. The van der Waals surface area contributed by atoms with Crippen molar-refractivity contribution in [1.82, 2.24) is 14.6 Å². The molecular formula is C23H21ClN4O6. The Kier molecular flexibility index (Phi) is 6.16. The Labute approximate surface area is 198 Å². The van der Waals surface area contributed by atoms with Crippen LogP contribution in [0.25, 0.3) is 5.69 Å². The number of nitrogens with zero attached hydrogens (tertiary/aromatic N) is 3. The van der Waals surface area contributed by atoms with Crippen LogP contribution in [0.15, 0.2) is 57.2 Å². The largest absolute Gasteiger partial charge is 0.497 e. The molecule has 1 aromatic heterocycles. The van der Waals surface area contributed by atoms with Crippen LogP contribution in [-0.4, -0.2) is 45.5 Å². The highest BCUT2D eigenvalue weighted by atomic mass is 35.5. The summed E-state index contributed by atoms with van der Waals surface area (Å²) in [4.78, 5) is 39.9. The lowest BCUT2D eigenvalue weighted by molar-refractivity contribution is -0.130. The molecule has 0 saturated heterocycles. The fraction of sp³-hybridized carbons (Fsp3) is 0.217. The van der Waals surface area contributed by atoms with Gasteiger partial charge in [-0.3, -0.25) is 14.6 Å². The topological polar surface area (TPSA) is 126 Å². The zero-order valence-electron chi connectivity index (χ0n) is 18.5. The van der Waals surface area contributed by atoms with Crippen LogP contribution < -0.4 is 20.7 Å². The number of aromatic hydroxyl groups is 1. The third kappa shape index (κ3) is 4.03. The van der Waals surface area contributed by atoms with Crippen molar-refractivity contribution in [2.45, 2.75) is 19.4 Å². The van der Waals surface area contributed by atoms with E-state index < -0.39 is 23.2 Å². The number of hydrogen-bond donors (Lipinski definition) is 2. The van der Waals surface area contributed by atoms with Gasteiger partial charge in [-0.05, 0) is 36.4 Å². The van der Waals surface area contributed by atoms with E-state index in [4.69, 9.17) is 21.1 Å². The normalized spacial score (nSPS) is 15.2. The van der Waals surface area contributed by atoms with Crippen molar-refractivity contribution in [3.8, 4) is 23.1 Å². The van der Waals surface area contributed by atoms with E-state index in [0.717, 1.165) is 4.57 Å². The maximum Gasteiger partial charge on any atom is 0.335 e. The van der Waals surface area contributed by atoms with Crippen molar-refractivity contribution in [2.24, 2.45) is 5.10 Å². The van der Waals surface area contributed by atoms with E-state index in [0.29, 0.717) is 27.8 Å². The number of H-pyrrole nitrogens is 1. The summed E-state index contributed by atoms with van der Waals surface area (Å²) in [7, 11) is 3.02. The summed E-state index contributed by atoms with van der Waals surface area (Å²) in [5.74, 6) is 0.0649. The minimum absolute atomic E-state index is 0.0950. The zero-order valence-corrected chi connectivity index (χ0v) is 19.3. The van der Waals surface area contributed by atoms with Crippen LogP contribution in [0.3, 0.4) is 0 Å². The highest BCUT2D eigenvalue weighted by Gasteiger charge is 2.36. The fourth-order valence-electron chi connectivity index (χ4n) is 3.90. The van der Waals surface area contributed by atoms with E-state index in [1.165, 1.54) is 38.3 Å². The first-order chi connectivity index (χ1) is 16.2. The molecular weight excluding hydrogens is 464 g/mol. The SMILES string of the molecule is COc1ccc(C2CC(c3c(O)n(-c4ccc(Cl)cc4)c(=O)[nH]c3=O)=NN2C(C)=O)c(OC)c1. The molecule has 1 amide bonds. The summed E-state index contributed by atoms with van der Waals surface area (Å²) >= 11 is 5.92.